The number of hydrogen-bond acceptors (Lipinski definition) is 8. The number of aliphatic hydroxyl groups is 2. The molecule has 0 saturated carbocycles. The molecule has 0 atom stereocenters. The molecule has 0 aliphatic heterocycles. The monoisotopic (exact) mass is 426 g/mol. The first kappa shape index (κ1) is 26.5. The molecule has 10 heteroatoms. The number of carboxylic acids is 2. The molecular formula is C20H26O10. The lowest BCUT2D eigenvalue weighted by molar-refractivity contribution is 0.0685. The molecule has 0 aromatic heterocycles. The van der Waals surface area contributed by atoms with Crippen molar-refractivity contribution in [1.29, 1.82) is 0 Å². The van der Waals surface area contributed by atoms with E-state index in [0.29, 0.717) is 23.0 Å². The molecule has 0 unspecified atom stereocenters. The van der Waals surface area contributed by atoms with E-state index in [9.17, 15) is 9.59 Å². The smallest absolute Gasteiger partial charge is 0.335 e. The molecular weight excluding hydrogens is 400 g/mol. The minimum atomic E-state index is -0.985. The number of aromatic carboxylic acids is 2. The summed E-state index contributed by atoms with van der Waals surface area (Å²) in [6.45, 7) is -0.250. The van der Waals surface area contributed by atoms with Gasteiger partial charge in [0.1, 0.15) is 0 Å². The lowest BCUT2D eigenvalue weighted by Crippen LogP contribution is -1.98. The van der Waals surface area contributed by atoms with E-state index in [1.54, 1.807) is 12.1 Å². The molecule has 0 bridgehead atoms. The molecule has 2 aromatic rings. The van der Waals surface area contributed by atoms with Crippen LogP contribution in [0.3, 0.4) is 0 Å². The van der Waals surface area contributed by atoms with Gasteiger partial charge < -0.3 is 39.4 Å². The minimum absolute atomic E-state index is 0.125. The van der Waals surface area contributed by atoms with E-state index < -0.39 is 11.9 Å². The summed E-state index contributed by atoms with van der Waals surface area (Å²) < 4.78 is 19.8. The van der Waals surface area contributed by atoms with Crippen LogP contribution < -0.4 is 18.9 Å². The number of rotatable bonds is 7. The van der Waals surface area contributed by atoms with Gasteiger partial charge in [-0.3, -0.25) is 0 Å². The van der Waals surface area contributed by atoms with Crippen molar-refractivity contribution in [3.8, 4) is 23.0 Å². The first-order valence-electron chi connectivity index (χ1n) is 8.41. The quantitative estimate of drug-likeness (QED) is 0.515. The molecule has 2 aromatic carbocycles. The Morgan fingerprint density at radius 2 is 0.933 bits per heavy atom. The summed E-state index contributed by atoms with van der Waals surface area (Å²) in [6, 6.07) is 8.88. The summed E-state index contributed by atoms with van der Waals surface area (Å²) in [7, 11) is 5.92. The maximum Gasteiger partial charge on any atom is 0.335 e. The molecule has 0 heterocycles. The van der Waals surface area contributed by atoms with Gasteiger partial charge in [0.05, 0.1) is 52.8 Å². The van der Waals surface area contributed by atoms with E-state index in [4.69, 9.17) is 39.4 Å². The predicted octanol–water partition coefficient (Wildman–Crippen LogP) is 1.77. The third-order valence-corrected chi connectivity index (χ3v) is 3.36. The van der Waals surface area contributed by atoms with E-state index in [2.05, 4.69) is 0 Å². The van der Waals surface area contributed by atoms with Gasteiger partial charge in [0.15, 0.2) is 23.0 Å². The van der Waals surface area contributed by atoms with Gasteiger partial charge in [-0.2, -0.15) is 0 Å². The Bertz CT molecular complexity index is 737. The standard InChI is InChI=1S/2C9H10O4.C2H6O2/c2*1-12-7-4-3-6(9(10)11)5-8(7)13-2;3-1-2-4/h2*3-5H,1-2H3,(H,10,11);3-4H,1-2H2. The van der Waals surface area contributed by atoms with E-state index in [-0.39, 0.29) is 24.3 Å². The van der Waals surface area contributed by atoms with Gasteiger partial charge in [-0.15, -0.1) is 0 Å². The van der Waals surface area contributed by atoms with Crippen molar-refractivity contribution in [2.45, 2.75) is 0 Å². The van der Waals surface area contributed by atoms with Gasteiger partial charge in [0, 0.05) is 0 Å². The van der Waals surface area contributed by atoms with Gasteiger partial charge in [0.2, 0.25) is 0 Å². The van der Waals surface area contributed by atoms with Crippen molar-refractivity contribution < 1.29 is 49.0 Å². The maximum atomic E-state index is 10.6. The highest BCUT2D eigenvalue weighted by molar-refractivity contribution is 5.89. The van der Waals surface area contributed by atoms with Crippen LogP contribution in [0, 0.1) is 0 Å². The van der Waals surface area contributed by atoms with Crippen molar-refractivity contribution >= 4 is 11.9 Å². The maximum absolute atomic E-state index is 10.6. The Labute approximate surface area is 173 Å². The molecule has 0 saturated heterocycles. The van der Waals surface area contributed by atoms with Crippen LogP contribution in [0.1, 0.15) is 20.7 Å². The fraction of sp³-hybridized carbons (Fsp3) is 0.300. The normalized spacial score (nSPS) is 9.13. The third-order valence-electron chi connectivity index (χ3n) is 3.36. The Morgan fingerprint density at radius 3 is 1.13 bits per heavy atom. The van der Waals surface area contributed by atoms with Crippen molar-refractivity contribution in [3.63, 3.8) is 0 Å². The highest BCUT2D eigenvalue weighted by atomic mass is 16.5. The summed E-state index contributed by atoms with van der Waals surface area (Å²) in [5.74, 6) is -0.0910. The Kier molecular flexibility index (Phi) is 12.8. The van der Waals surface area contributed by atoms with Crippen LogP contribution in [-0.2, 0) is 0 Å². The first-order valence-corrected chi connectivity index (χ1v) is 8.41. The lowest BCUT2D eigenvalue weighted by Gasteiger charge is -2.07. The highest BCUT2D eigenvalue weighted by Crippen LogP contribution is 2.28. The fourth-order valence-corrected chi connectivity index (χ4v) is 1.94. The zero-order valence-electron chi connectivity index (χ0n) is 17.1. The average molecular weight is 426 g/mol. The number of methoxy groups -OCH3 is 4. The molecule has 0 amide bonds. The molecule has 166 valence electrons. The first-order chi connectivity index (χ1) is 14.3. The molecule has 30 heavy (non-hydrogen) atoms. The van der Waals surface area contributed by atoms with Crippen LogP contribution in [0.2, 0.25) is 0 Å². The molecule has 0 fully saturated rings. The van der Waals surface area contributed by atoms with Gasteiger partial charge in [-0.05, 0) is 36.4 Å². The highest BCUT2D eigenvalue weighted by Gasteiger charge is 2.09. The number of hydrogen-bond donors (Lipinski definition) is 4. The number of carbonyl (C=O) groups is 2. The average Bonchev–Trinajstić information content (AvgIpc) is 2.78. The van der Waals surface area contributed by atoms with Crippen molar-refractivity contribution in [3.05, 3.63) is 47.5 Å². The third kappa shape index (κ3) is 8.67. The van der Waals surface area contributed by atoms with Gasteiger partial charge in [0.25, 0.3) is 0 Å². The summed E-state index contributed by atoms with van der Waals surface area (Å²) in [6.07, 6.45) is 0. The van der Waals surface area contributed by atoms with Crippen LogP contribution in [0.5, 0.6) is 23.0 Å². The molecule has 4 N–H and O–H groups in total. The Morgan fingerprint density at radius 1 is 0.633 bits per heavy atom. The Hall–Kier alpha value is -3.50. The number of carboxylic acid groups (broad SMARTS) is 2. The predicted molar refractivity (Wildman–Crippen MR) is 107 cm³/mol. The molecule has 10 nitrogen and oxygen atoms in total. The SMILES string of the molecule is COc1ccc(C(=O)O)cc1OC.COc1ccc(C(=O)O)cc1OC.OCCO. The summed E-state index contributed by atoms with van der Waals surface area (Å²) >= 11 is 0. The molecule has 0 radical (unpaired) electrons. The molecule has 0 aliphatic rings. The van der Waals surface area contributed by atoms with Crippen molar-refractivity contribution in [2.75, 3.05) is 41.7 Å². The van der Waals surface area contributed by atoms with Crippen LogP contribution in [0.15, 0.2) is 36.4 Å². The second-order valence-electron chi connectivity index (χ2n) is 5.20. The van der Waals surface area contributed by atoms with E-state index in [0.717, 1.165) is 0 Å². The van der Waals surface area contributed by atoms with E-state index in [1.165, 1.54) is 52.7 Å². The number of benzene rings is 2. The van der Waals surface area contributed by atoms with Crippen LogP contribution in [-0.4, -0.2) is 74.0 Å². The zero-order chi connectivity index (χ0) is 23.1. The summed E-state index contributed by atoms with van der Waals surface area (Å²) in [5.41, 5.74) is 0.357. The van der Waals surface area contributed by atoms with Crippen LogP contribution in [0.4, 0.5) is 0 Å². The van der Waals surface area contributed by atoms with Gasteiger partial charge in [-0.1, -0.05) is 0 Å². The number of aliphatic hydroxyl groups excluding tert-OH is 2. The van der Waals surface area contributed by atoms with Crippen LogP contribution >= 0.6 is 0 Å². The second kappa shape index (κ2) is 14.5. The van der Waals surface area contributed by atoms with Crippen molar-refractivity contribution in [1.82, 2.24) is 0 Å². The molecule has 0 aliphatic carbocycles. The summed E-state index contributed by atoms with van der Waals surface area (Å²) in [5, 5.41) is 32.6. The summed E-state index contributed by atoms with van der Waals surface area (Å²) in [4.78, 5) is 21.1. The minimum Gasteiger partial charge on any atom is -0.493 e. The lowest BCUT2D eigenvalue weighted by atomic mass is 10.2. The largest absolute Gasteiger partial charge is 0.493 e. The Balaban J connectivity index is 0.000000477. The van der Waals surface area contributed by atoms with Gasteiger partial charge >= 0.3 is 11.9 Å². The molecule has 2 rings (SSSR count). The van der Waals surface area contributed by atoms with Gasteiger partial charge in [-0.25, -0.2) is 9.59 Å². The van der Waals surface area contributed by atoms with Crippen molar-refractivity contribution in [2.24, 2.45) is 0 Å². The zero-order valence-corrected chi connectivity index (χ0v) is 17.1. The fourth-order valence-electron chi connectivity index (χ4n) is 1.94. The molecule has 0 spiro atoms. The van der Waals surface area contributed by atoms with E-state index in [1.807, 2.05) is 0 Å². The van der Waals surface area contributed by atoms with Crippen LogP contribution in [0.25, 0.3) is 0 Å². The number of ether oxygens (including phenoxy) is 4. The van der Waals surface area contributed by atoms with E-state index >= 15 is 0 Å². The topological polar surface area (TPSA) is 152 Å². The second-order valence-corrected chi connectivity index (χ2v) is 5.20.